The SMILES string of the molecule is CNCCN1CCC(O)(CNC(=O)OC(C)(C)C)CC1. The first kappa shape index (κ1) is 17.2. The number of likely N-dealkylation sites (N-methyl/N-ethyl adjacent to an activating group) is 1. The standard InChI is InChI=1S/C14H29N3O3/c1-13(2,3)20-12(18)16-11-14(19)5-8-17(9-6-14)10-7-15-4/h15,19H,5-11H2,1-4H3,(H,16,18). The maximum absolute atomic E-state index is 11.6. The third kappa shape index (κ3) is 6.54. The quantitative estimate of drug-likeness (QED) is 0.689. The van der Waals surface area contributed by atoms with Gasteiger partial charge in [0.25, 0.3) is 0 Å². The first-order valence-electron chi connectivity index (χ1n) is 7.30. The monoisotopic (exact) mass is 287 g/mol. The Bertz CT molecular complexity index is 307. The summed E-state index contributed by atoms with van der Waals surface area (Å²) in [5, 5.41) is 16.2. The van der Waals surface area contributed by atoms with E-state index in [0.29, 0.717) is 12.8 Å². The maximum atomic E-state index is 11.6. The van der Waals surface area contributed by atoms with Crippen LogP contribution in [-0.4, -0.2) is 67.1 Å². The van der Waals surface area contributed by atoms with Crippen LogP contribution in [0.1, 0.15) is 33.6 Å². The van der Waals surface area contributed by atoms with E-state index >= 15 is 0 Å². The first-order valence-corrected chi connectivity index (χ1v) is 7.30. The van der Waals surface area contributed by atoms with Gasteiger partial charge in [0.2, 0.25) is 0 Å². The fourth-order valence-corrected chi connectivity index (χ4v) is 2.19. The van der Waals surface area contributed by atoms with Crippen LogP contribution >= 0.6 is 0 Å². The Morgan fingerprint density at radius 2 is 1.95 bits per heavy atom. The number of nitrogens with one attached hydrogen (secondary N) is 2. The highest BCUT2D eigenvalue weighted by Crippen LogP contribution is 2.21. The van der Waals surface area contributed by atoms with Gasteiger partial charge in [0.15, 0.2) is 0 Å². The summed E-state index contributed by atoms with van der Waals surface area (Å²) in [5.41, 5.74) is -1.32. The Balaban J connectivity index is 2.29. The lowest BCUT2D eigenvalue weighted by Crippen LogP contribution is -2.52. The summed E-state index contributed by atoms with van der Waals surface area (Å²) < 4.78 is 5.17. The van der Waals surface area contributed by atoms with E-state index in [-0.39, 0.29) is 6.54 Å². The minimum atomic E-state index is -0.812. The fourth-order valence-electron chi connectivity index (χ4n) is 2.19. The molecule has 0 aromatic rings. The lowest BCUT2D eigenvalue weighted by molar-refractivity contribution is -0.0224. The Hall–Kier alpha value is -0.850. The van der Waals surface area contributed by atoms with Crippen molar-refractivity contribution in [1.82, 2.24) is 15.5 Å². The van der Waals surface area contributed by atoms with Crippen LogP contribution in [0.15, 0.2) is 0 Å². The Morgan fingerprint density at radius 3 is 2.45 bits per heavy atom. The van der Waals surface area contributed by atoms with Crippen molar-refractivity contribution in [3.05, 3.63) is 0 Å². The smallest absolute Gasteiger partial charge is 0.407 e. The zero-order chi connectivity index (χ0) is 15.2. The molecule has 1 rings (SSSR count). The van der Waals surface area contributed by atoms with Crippen LogP contribution < -0.4 is 10.6 Å². The van der Waals surface area contributed by atoms with Gasteiger partial charge in [-0.2, -0.15) is 0 Å². The van der Waals surface area contributed by atoms with E-state index in [1.54, 1.807) is 0 Å². The van der Waals surface area contributed by atoms with Gasteiger partial charge in [-0.3, -0.25) is 0 Å². The van der Waals surface area contributed by atoms with Crippen molar-refractivity contribution in [2.45, 2.75) is 44.8 Å². The number of likely N-dealkylation sites (tertiary alicyclic amines) is 1. The lowest BCUT2D eigenvalue weighted by Gasteiger charge is -2.38. The van der Waals surface area contributed by atoms with Crippen LogP contribution in [0.25, 0.3) is 0 Å². The molecule has 0 spiro atoms. The largest absolute Gasteiger partial charge is 0.444 e. The number of carbonyl (C=O) groups excluding carboxylic acids is 1. The van der Waals surface area contributed by atoms with Gasteiger partial charge in [0, 0.05) is 32.7 Å². The van der Waals surface area contributed by atoms with Crippen molar-refractivity contribution in [1.29, 1.82) is 0 Å². The van der Waals surface area contributed by atoms with E-state index in [1.807, 2.05) is 27.8 Å². The fraction of sp³-hybridized carbons (Fsp3) is 0.929. The molecule has 1 aliphatic heterocycles. The van der Waals surface area contributed by atoms with Crippen molar-refractivity contribution in [3.63, 3.8) is 0 Å². The molecule has 0 saturated carbocycles. The molecule has 0 bridgehead atoms. The summed E-state index contributed by atoms with van der Waals surface area (Å²) in [6.07, 6.45) is 0.877. The van der Waals surface area contributed by atoms with Crippen LogP contribution in [0.2, 0.25) is 0 Å². The molecule has 0 atom stereocenters. The summed E-state index contributed by atoms with van der Waals surface area (Å²) >= 11 is 0. The van der Waals surface area contributed by atoms with Gasteiger partial charge < -0.3 is 25.4 Å². The Kier molecular flexibility index (Phi) is 6.23. The van der Waals surface area contributed by atoms with Crippen LogP contribution in [0, 0.1) is 0 Å². The van der Waals surface area contributed by atoms with Gasteiger partial charge in [-0.05, 0) is 40.7 Å². The van der Waals surface area contributed by atoms with E-state index in [1.165, 1.54) is 0 Å². The predicted molar refractivity (Wildman–Crippen MR) is 78.8 cm³/mol. The number of alkyl carbamates (subject to hydrolysis) is 1. The second-order valence-corrected chi connectivity index (χ2v) is 6.52. The summed E-state index contributed by atoms with van der Waals surface area (Å²) in [4.78, 5) is 13.9. The zero-order valence-corrected chi connectivity index (χ0v) is 13.2. The number of ether oxygens (including phenoxy) is 1. The summed E-state index contributed by atoms with van der Waals surface area (Å²) in [6, 6.07) is 0. The second-order valence-electron chi connectivity index (χ2n) is 6.52. The van der Waals surface area contributed by atoms with Crippen LogP contribution in [0.5, 0.6) is 0 Å². The van der Waals surface area contributed by atoms with E-state index in [9.17, 15) is 9.90 Å². The molecule has 1 heterocycles. The number of nitrogens with zero attached hydrogens (tertiary/aromatic N) is 1. The highest BCUT2D eigenvalue weighted by atomic mass is 16.6. The molecule has 118 valence electrons. The molecular formula is C14H29N3O3. The third-order valence-electron chi connectivity index (χ3n) is 3.43. The minimum absolute atomic E-state index is 0.252. The first-order chi connectivity index (χ1) is 9.24. The molecule has 0 unspecified atom stereocenters. The molecule has 20 heavy (non-hydrogen) atoms. The molecule has 1 amide bonds. The summed E-state index contributed by atoms with van der Waals surface area (Å²) in [5.74, 6) is 0. The zero-order valence-electron chi connectivity index (χ0n) is 13.2. The molecule has 0 aliphatic carbocycles. The summed E-state index contributed by atoms with van der Waals surface area (Å²) in [7, 11) is 1.94. The Morgan fingerprint density at radius 1 is 1.35 bits per heavy atom. The average molecular weight is 287 g/mol. The highest BCUT2D eigenvalue weighted by molar-refractivity contribution is 5.67. The number of piperidine rings is 1. The molecular weight excluding hydrogens is 258 g/mol. The highest BCUT2D eigenvalue weighted by Gasteiger charge is 2.32. The predicted octanol–water partition coefficient (Wildman–Crippen LogP) is 0.557. The van der Waals surface area contributed by atoms with Crippen molar-refractivity contribution in [3.8, 4) is 0 Å². The van der Waals surface area contributed by atoms with Crippen molar-refractivity contribution < 1.29 is 14.6 Å². The number of carbonyl (C=O) groups is 1. The number of hydrogen-bond acceptors (Lipinski definition) is 5. The Labute approximate surface area is 121 Å². The van der Waals surface area contributed by atoms with Crippen LogP contribution in [0.4, 0.5) is 4.79 Å². The van der Waals surface area contributed by atoms with Crippen molar-refractivity contribution in [2.24, 2.45) is 0 Å². The lowest BCUT2D eigenvalue weighted by atomic mass is 9.91. The number of rotatable bonds is 5. The van der Waals surface area contributed by atoms with E-state index in [4.69, 9.17) is 4.74 Å². The van der Waals surface area contributed by atoms with Gasteiger partial charge in [0.05, 0.1) is 5.60 Å². The molecule has 6 heteroatoms. The molecule has 1 aliphatic rings. The van der Waals surface area contributed by atoms with Crippen molar-refractivity contribution in [2.75, 3.05) is 39.8 Å². The van der Waals surface area contributed by atoms with Gasteiger partial charge in [-0.15, -0.1) is 0 Å². The molecule has 0 aromatic heterocycles. The van der Waals surface area contributed by atoms with E-state index in [2.05, 4.69) is 15.5 Å². The number of amides is 1. The van der Waals surface area contributed by atoms with Gasteiger partial charge >= 0.3 is 6.09 Å². The van der Waals surface area contributed by atoms with Gasteiger partial charge in [-0.1, -0.05) is 0 Å². The minimum Gasteiger partial charge on any atom is -0.444 e. The topological polar surface area (TPSA) is 73.8 Å². The van der Waals surface area contributed by atoms with Gasteiger partial charge in [-0.25, -0.2) is 4.79 Å². The third-order valence-corrected chi connectivity index (χ3v) is 3.43. The maximum Gasteiger partial charge on any atom is 0.407 e. The summed E-state index contributed by atoms with van der Waals surface area (Å²) in [6.45, 7) is 9.37. The van der Waals surface area contributed by atoms with E-state index in [0.717, 1.165) is 26.2 Å². The molecule has 6 nitrogen and oxygen atoms in total. The van der Waals surface area contributed by atoms with Gasteiger partial charge in [0.1, 0.15) is 5.60 Å². The average Bonchev–Trinajstić information content (AvgIpc) is 2.34. The second kappa shape index (κ2) is 7.24. The van der Waals surface area contributed by atoms with Crippen LogP contribution in [0.3, 0.4) is 0 Å². The van der Waals surface area contributed by atoms with Crippen molar-refractivity contribution >= 4 is 6.09 Å². The molecule has 0 aromatic carbocycles. The number of hydrogen-bond donors (Lipinski definition) is 3. The van der Waals surface area contributed by atoms with Crippen LogP contribution in [-0.2, 0) is 4.74 Å². The molecule has 1 fully saturated rings. The molecule has 0 radical (unpaired) electrons. The molecule has 3 N–H and O–H groups in total. The molecule has 1 saturated heterocycles. The normalized spacial score (nSPS) is 19.6. The van der Waals surface area contributed by atoms with E-state index < -0.39 is 17.3 Å². The number of aliphatic hydroxyl groups is 1.